The molecule has 0 amide bonds. The van der Waals surface area contributed by atoms with Gasteiger partial charge in [0.05, 0.1) is 0 Å². The fourth-order valence-electron chi connectivity index (χ4n) is 1.05. The fourth-order valence-corrected chi connectivity index (χ4v) is 1.05. The van der Waals surface area contributed by atoms with Gasteiger partial charge in [0.25, 0.3) is 0 Å². The highest BCUT2D eigenvalue weighted by Gasteiger charge is 2.08. The highest BCUT2D eigenvalue weighted by atomic mass is 35.5. The molecule has 0 unspecified atom stereocenters. The van der Waals surface area contributed by atoms with Crippen LogP contribution in [0.2, 0.25) is 0 Å². The molecule has 1 heterocycles. The van der Waals surface area contributed by atoms with Crippen LogP contribution < -0.4 is 16.4 Å². The van der Waals surface area contributed by atoms with Crippen molar-refractivity contribution in [2.45, 2.75) is 0 Å². The van der Waals surface area contributed by atoms with Gasteiger partial charge >= 0.3 is 0 Å². The third-order valence-electron chi connectivity index (χ3n) is 1.88. The maximum atomic E-state index is 7.30. The van der Waals surface area contributed by atoms with Gasteiger partial charge in [-0.05, 0) is 12.1 Å². The van der Waals surface area contributed by atoms with E-state index in [0.29, 0.717) is 11.4 Å². The van der Waals surface area contributed by atoms with Crippen molar-refractivity contribution in [1.29, 1.82) is 10.8 Å². The maximum Gasteiger partial charge on any atom is 0.141 e. The molecule has 0 fully saturated rings. The number of nitrogens with zero attached hydrogens (tertiary/aromatic N) is 2. The SMILES string of the molecule is CN(C)c1cc(C(=N)N)nc(C(=N)N)c1.Cl.Cl. The Balaban J connectivity index is 0. The van der Waals surface area contributed by atoms with E-state index in [0.717, 1.165) is 5.69 Å². The summed E-state index contributed by atoms with van der Waals surface area (Å²) in [5.41, 5.74) is 12.1. The molecule has 1 aromatic heterocycles. The Labute approximate surface area is 112 Å². The van der Waals surface area contributed by atoms with Crippen molar-refractivity contribution in [2.24, 2.45) is 11.5 Å². The number of pyridine rings is 1. The molecule has 0 spiro atoms. The highest BCUT2D eigenvalue weighted by molar-refractivity contribution is 5.98. The minimum absolute atomic E-state index is 0. The Morgan fingerprint density at radius 2 is 1.41 bits per heavy atom. The average molecular weight is 279 g/mol. The van der Waals surface area contributed by atoms with E-state index in [1.165, 1.54) is 0 Å². The smallest absolute Gasteiger partial charge is 0.141 e. The minimum atomic E-state index is -0.138. The van der Waals surface area contributed by atoms with E-state index in [1.54, 1.807) is 12.1 Å². The summed E-state index contributed by atoms with van der Waals surface area (Å²) in [6, 6.07) is 3.35. The number of nitrogens with one attached hydrogen (secondary N) is 2. The van der Waals surface area contributed by atoms with Gasteiger partial charge in [0.2, 0.25) is 0 Å². The third-order valence-corrected chi connectivity index (χ3v) is 1.88. The summed E-state index contributed by atoms with van der Waals surface area (Å²) in [6.07, 6.45) is 0. The lowest BCUT2D eigenvalue weighted by atomic mass is 10.2. The quantitative estimate of drug-likeness (QED) is 0.478. The van der Waals surface area contributed by atoms with Gasteiger partial charge in [-0.15, -0.1) is 24.8 Å². The normalized spacial score (nSPS) is 8.59. The number of rotatable bonds is 3. The van der Waals surface area contributed by atoms with Crippen molar-refractivity contribution in [3.8, 4) is 0 Å². The Bertz CT molecular complexity index is 386. The lowest BCUT2D eigenvalue weighted by molar-refractivity contribution is 1.10. The largest absolute Gasteiger partial charge is 0.382 e. The van der Waals surface area contributed by atoms with Crippen LogP contribution in [-0.2, 0) is 0 Å². The molecule has 0 bridgehead atoms. The van der Waals surface area contributed by atoms with Gasteiger partial charge in [-0.3, -0.25) is 10.8 Å². The summed E-state index contributed by atoms with van der Waals surface area (Å²) in [5, 5.41) is 14.6. The molecule has 0 aromatic carbocycles. The lowest BCUT2D eigenvalue weighted by Crippen LogP contribution is -2.21. The predicted octanol–water partition coefficient (Wildman–Crippen LogP) is 0.559. The summed E-state index contributed by atoms with van der Waals surface area (Å²) in [4.78, 5) is 5.82. The summed E-state index contributed by atoms with van der Waals surface area (Å²) >= 11 is 0. The van der Waals surface area contributed by atoms with Crippen molar-refractivity contribution in [1.82, 2.24) is 4.98 Å². The van der Waals surface area contributed by atoms with Crippen LogP contribution in [0.5, 0.6) is 0 Å². The van der Waals surface area contributed by atoms with E-state index in [9.17, 15) is 0 Å². The van der Waals surface area contributed by atoms with Crippen LogP contribution in [0.4, 0.5) is 5.69 Å². The van der Waals surface area contributed by atoms with Crippen LogP contribution in [0.15, 0.2) is 12.1 Å². The Morgan fingerprint density at radius 3 is 1.65 bits per heavy atom. The van der Waals surface area contributed by atoms with E-state index < -0.39 is 0 Å². The molecule has 1 aromatic rings. The first-order valence-corrected chi connectivity index (χ1v) is 4.30. The molecule has 1 rings (SSSR count). The number of aromatic nitrogens is 1. The molecular weight excluding hydrogens is 263 g/mol. The summed E-state index contributed by atoms with van der Waals surface area (Å²) in [6.45, 7) is 0. The van der Waals surface area contributed by atoms with E-state index in [4.69, 9.17) is 22.3 Å². The van der Waals surface area contributed by atoms with Crippen LogP contribution in [0.3, 0.4) is 0 Å². The summed E-state index contributed by atoms with van der Waals surface area (Å²) < 4.78 is 0. The molecule has 0 saturated heterocycles. The minimum Gasteiger partial charge on any atom is -0.382 e. The van der Waals surface area contributed by atoms with Crippen LogP contribution in [0, 0.1) is 10.8 Å². The van der Waals surface area contributed by atoms with E-state index in [-0.39, 0.29) is 36.5 Å². The van der Waals surface area contributed by atoms with E-state index in [1.807, 2.05) is 19.0 Å². The molecule has 0 radical (unpaired) electrons. The molecule has 6 nitrogen and oxygen atoms in total. The van der Waals surface area contributed by atoms with Gasteiger partial charge in [0.15, 0.2) is 0 Å². The first-order chi connectivity index (χ1) is 6.91. The van der Waals surface area contributed by atoms with Crippen LogP contribution in [0.25, 0.3) is 0 Å². The lowest BCUT2D eigenvalue weighted by Gasteiger charge is -2.14. The second-order valence-corrected chi connectivity index (χ2v) is 3.32. The van der Waals surface area contributed by atoms with Gasteiger partial charge in [-0.1, -0.05) is 0 Å². The van der Waals surface area contributed by atoms with E-state index in [2.05, 4.69) is 4.98 Å². The number of hydrogen-bond acceptors (Lipinski definition) is 4. The zero-order chi connectivity index (χ0) is 11.6. The van der Waals surface area contributed by atoms with Crippen molar-refractivity contribution in [2.75, 3.05) is 19.0 Å². The zero-order valence-electron chi connectivity index (χ0n) is 9.52. The molecule has 96 valence electrons. The Morgan fingerprint density at radius 1 is 1.06 bits per heavy atom. The average Bonchev–Trinajstić information content (AvgIpc) is 2.16. The van der Waals surface area contributed by atoms with Gasteiger partial charge in [0.1, 0.15) is 23.1 Å². The topological polar surface area (TPSA) is 116 Å². The molecule has 0 aliphatic carbocycles. The molecule has 0 aliphatic heterocycles. The van der Waals surface area contributed by atoms with Crippen LogP contribution >= 0.6 is 24.8 Å². The molecule has 8 heteroatoms. The second-order valence-electron chi connectivity index (χ2n) is 3.32. The molecule has 17 heavy (non-hydrogen) atoms. The van der Waals surface area contributed by atoms with Gasteiger partial charge < -0.3 is 16.4 Å². The van der Waals surface area contributed by atoms with Gasteiger partial charge in [-0.25, -0.2) is 4.98 Å². The predicted molar refractivity (Wildman–Crippen MR) is 75.1 cm³/mol. The first-order valence-electron chi connectivity index (χ1n) is 4.30. The molecule has 0 saturated carbocycles. The van der Waals surface area contributed by atoms with Crippen molar-refractivity contribution in [3.05, 3.63) is 23.5 Å². The number of nitrogens with two attached hydrogens (primary N) is 2. The Kier molecular flexibility index (Phi) is 7.27. The second kappa shape index (κ2) is 6.93. The third kappa shape index (κ3) is 4.46. The maximum absolute atomic E-state index is 7.30. The first kappa shape index (κ1) is 17.9. The highest BCUT2D eigenvalue weighted by Crippen LogP contribution is 2.13. The zero-order valence-corrected chi connectivity index (χ0v) is 11.2. The molecular formula is C9H16Cl2N6. The number of amidine groups is 2. The monoisotopic (exact) mass is 278 g/mol. The van der Waals surface area contributed by atoms with E-state index >= 15 is 0 Å². The van der Waals surface area contributed by atoms with Gasteiger partial charge in [0, 0.05) is 19.8 Å². The molecule has 0 atom stereocenters. The van der Waals surface area contributed by atoms with Crippen molar-refractivity contribution in [3.63, 3.8) is 0 Å². The van der Waals surface area contributed by atoms with Crippen LogP contribution in [0.1, 0.15) is 11.4 Å². The Hall–Kier alpha value is -1.53. The van der Waals surface area contributed by atoms with Crippen molar-refractivity contribution < 1.29 is 0 Å². The van der Waals surface area contributed by atoms with Gasteiger partial charge in [-0.2, -0.15) is 0 Å². The molecule has 6 N–H and O–H groups in total. The summed E-state index contributed by atoms with van der Waals surface area (Å²) in [5.74, 6) is -0.276. The number of hydrogen-bond donors (Lipinski definition) is 4. The fraction of sp³-hybridized carbons (Fsp3) is 0.222. The van der Waals surface area contributed by atoms with Crippen LogP contribution in [-0.4, -0.2) is 30.8 Å². The number of nitrogen functional groups attached to an aromatic ring is 2. The number of halogens is 2. The standard InChI is InChI=1S/C9H14N6.2ClH/c1-15(2)5-3-6(8(10)11)14-7(4-5)9(12)13;;/h3-4H,1-2H3,(H3,10,11)(H3,12,13);2*1H. The van der Waals surface area contributed by atoms with Crippen molar-refractivity contribution >= 4 is 42.2 Å². The summed E-state index contributed by atoms with van der Waals surface area (Å²) in [7, 11) is 3.70. The number of anilines is 1. The molecule has 0 aliphatic rings.